The summed E-state index contributed by atoms with van der Waals surface area (Å²) in [5.74, 6) is 0. The van der Waals surface area contributed by atoms with Crippen LogP contribution in [0.4, 0.5) is 18.9 Å². The number of alkyl halides is 3. The Bertz CT molecular complexity index is 465. The van der Waals surface area contributed by atoms with E-state index in [1.165, 1.54) is 6.07 Å². The molecule has 0 spiro atoms. The van der Waals surface area contributed by atoms with E-state index in [1.807, 2.05) is 4.90 Å². The topological polar surface area (TPSA) is 58.7 Å². The highest BCUT2D eigenvalue weighted by Gasteiger charge is 2.31. The standard InChI is InChI=1S/C13H17F3N2O2.ClH/c14-13(15,16)10-5-9(6-11(17)7-10)12(19)8-18-1-3-20-4-2-18;/h5-7,12,19H,1-4,8,17H2;1H. The molecule has 8 heteroatoms. The van der Waals surface area contributed by atoms with Gasteiger partial charge in [-0.1, -0.05) is 0 Å². The quantitative estimate of drug-likeness (QED) is 0.835. The fourth-order valence-corrected chi connectivity index (χ4v) is 2.17. The van der Waals surface area contributed by atoms with Crippen molar-refractivity contribution in [2.75, 3.05) is 38.6 Å². The summed E-state index contributed by atoms with van der Waals surface area (Å²) in [6.07, 6.45) is -5.47. The number of anilines is 1. The number of aliphatic hydroxyl groups excluding tert-OH is 1. The fourth-order valence-electron chi connectivity index (χ4n) is 2.17. The Morgan fingerprint density at radius 3 is 2.43 bits per heavy atom. The average molecular weight is 327 g/mol. The van der Waals surface area contributed by atoms with Gasteiger partial charge in [-0.3, -0.25) is 4.90 Å². The van der Waals surface area contributed by atoms with Crippen LogP contribution in [0, 0.1) is 0 Å². The highest BCUT2D eigenvalue weighted by molar-refractivity contribution is 5.85. The van der Waals surface area contributed by atoms with Crippen LogP contribution >= 0.6 is 12.4 Å². The van der Waals surface area contributed by atoms with Gasteiger partial charge in [0.2, 0.25) is 0 Å². The minimum atomic E-state index is -4.47. The first-order valence-corrected chi connectivity index (χ1v) is 6.32. The lowest BCUT2D eigenvalue weighted by atomic mass is 10.0. The van der Waals surface area contributed by atoms with Crippen molar-refractivity contribution in [3.05, 3.63) is 29.3 Å². The predicted molar refractivity (Wildman–Crippen MR) is 75.3 cm³/mol. The van der Waals surface area contributed by atoms with Gasteiger partial charge in [-0.25, -0.2) is 0 Å². The van der Waals surface area contributed by atoms with Gasteiger partial charge in [0, 0.05) is 25.3 Å². The third-order valence-electron chi connectivity index (χ3n) is 3.22. The van der Waals surface area contributed by atoms with Crippen molar-refractivity contribution >= 4 is 18.1 Å². The zero-order valence-electron chi connectivity index (χ0n) is 11.3. The maximum atomic E-state index is 12.7. The molecule has 1 saturated heterocycles. The van der Waals surface area contributed by atoms with Crippen molar-refractivity contribution in [1.29, 1.82) is 0 Å². The Morgan fingerprint density at radius 1 is 1.24 bits per heavy atom. The Hall–Kier alpha value is -1.02. The molecule has 1 unspecified atom stereocenters. The van der Waals surface area contributed by atoms with Crippen molar-refractivity contribution in [2.45, 2.75) is 12.3 Å². The molecule has 21 heavy (non-hydrogen) atoms. The number of benzene rings is 1. The molecule has 0 amide bonds. The van der Waals surface area contributed by atoms with Gasteiger partial charge in [0.25, 0.3) is 0 Å². The zero-order chi connectivity index (χ0) is 14.8. The molecule has 1 fully saturated rings. The molecule has 1 atom stereocenters. The molecule has 1 aliphatic heterocycles. The van der Waals surface area contributed by atoms with E-state index in [0.29, 0.717) is 26.3 Å². The number of hydrogen-bond donors (Lipinski definition) is 2. The molecule has 120 valence electrons. The average Bonchev–Trinajstić information content (AvgIpc) is 2.38. The summed E-state index contributed by atoms with van der Waals surface area (Å²) in [5.41, 5.74) is 4.82. The number of hydrogen-bond acceptors (Lipinski definition) is 4. The van der Waals surface area contributed by atoms with Gasteiger partial charge in [-0.15, -0.1) is 12.4 Å². The second kappa shape index (κ2) is 7.31. The largest absolute Gasteiger partial charge is 0.416 e. The lowest BCUT2D eigenvalue weighted by Gasteiger charge is -2.28. The second-order valence-corrected chi connectivity index (χ2v) is 4.81. The summed E-state index contributed by atoms with van der Waals surface area (Å²) in [6, 6.07) is 3.19. The van der Waals surface area contributed by atoms with E-state index in [0.717, 1.165) is 12.1 Å². The van der Waals surface area contributed by atoms with Crippen molar-refractivity contribution < 1.29 is 23.0 Å². The summed E-state index contributed by atoms with van der Waals surface area (Å²) >= 11 is 0. The maximum Gasteiger partial charge on any atom is 0.416 e. The van der Waals surface area contributed by atoms with Gasteiger partial charge in [-0.05, 0) is 23.8 Å². The Labute approximate surface area is 127 Å². The van der Waals surface area contributed by atoms with E-state index < -0.39 is 17.8 Å². The molecule has 2 rings (SSSR count). The van der Waals surface area contributed by atoms with E-state index in [1.54, 1.807) is 0 Å². The van der Waals surface area contributed by atoms with Crippen molar-refractivity contribution in [3.63, 3.8) is 0 Å². The van der Waals surface area contributed by atoms with Crippen molar-refractivity contribution in [1.82, 2.24) is 4.90 Å². The van der Waals surface area contributed by atoms with Gasteiger partial charge in [0.05, 0.1) is 24.9 Å². The van der Waals surface area contributed by atoms with Crippen LogP contribution in [0.3, 0.4) is 0 Å². The molecule has 1 aromatic rings. The van der Waals surface area contributed by atoms with Gasteiger partial charge in [0.1, 0.15) is 0 Å². The molecule has 1 heterocycles. The van der Waals surface area contributed by atoms with E-state index >= 15 is 0 Å². The number of ether oxygens (including phenoxy) is 1. The highest BCUT2D eigenvalue weighted by atomic mass is 35.5. The number of morpholine rings is 1. The van der Waals surface area contributed by atoms with Crippen molar-refractivity contribution in [3.8, 4) is 0 Å². The Balaban J connectivity index is 0.00000220. The summed E-state index contributed by atoms with van der Waals surface area (Å²) < 4.78 is 43.3. The van der Waals surface area contributed by atoms with Crippen LogP contribution in [0.2, 0.25) is 0 Å². The van der Waals surface area contributed by atoms with Crippen molar-refractivity contribution in [2.24, 2.45) is 0 Å². The maximum absolute atomic E-state index is 12.7. The van der Waals surface area contributed by atoms with Crippen LogP contribution in [0.5, 0.6) is 0 Å². The normalized spacial score (nSPS) is 18.1. The van der Waals surface area contributed by atoms with E-state index in [2.05, 4.69) is 0 Å². The molecule has 0 saturated carbocycles. The van der Waals surface area contributed by atoms with Crippen LogP contribution in [-0.4, -0.2) is 42.9 Å². The SMILES string of the molecule is Cl.Nc1cc(C(O)CN2CCOCC2)cc(C(F)(F)F)c1. The first-order valence-electron chi connectivity index (χ1n) is 6.32. The first-order chi connectivity index (χ1) is 9.36. The van der Waals surface area contributed by atoms with Crippen LogP contribution in [-0.2, 0) is 10.9 Å². The number of halogens is 4. The predicted octanol–water partition coefficient (Wildman–Crippen LogP) is 2.08. The monoisotopic (exact) mass is 326 g/mol. The number of aliphatic hydroxyl groups is 1. The van der Waals surface area contributed by atoms with E-state index in [4.69, 9.17) is 10.5 Å². The fraction of sp³-hybridized carbons (Fsp3) is 0.538. The van der Waals surface area contributed by atoms with Gasteiger partial charge in [-0.2, -0.15) is 13.2 Å². The summed E-state index contributed by atoms with van der Waals surface area (Å²) in [6.45, 7) is 2.72. The summed E-state index contributed by atoms with van der Waals surface area (Å²) in [5, 5.41) is 10.1. The van der Waals surface area contributed by atoms with Gasteiger partial charge in [0.15, 0.2) is 0 Å². The number of nitrogen functional groups attached to an aromatic ring is 1. The summed E-state index contributed by atoms with van der Waals surface area (Å²) in [4.78, 5) is 1.95. The van der Waals surface area contributed by atoms with Gasteiger partial charge < -0.3 is 15.6 Å². The Morgan fingerprint density at radius 2 is 1.86 bits per heavy atom. The molecule has 1 aliphatic rings. The minimum Gasteiger partial charge on any atom is -0.399 e. The van der Waals surface area contributed by atoms with Crippen LogP contribution < -0.4 is 5.73 Å². The molecular weight excluding hydrogens is 309 g/mol. The molecule has 3 N–H and O–H groups in total. The second-order valence-electron chi connectivity index (χ2n) is 4.81. The lowest BCUT2D eigenvalue weighted by Crippen LogP contribution is -2.38. The molecule has 0 aliphatic carbocycles. The summed E-state index contributed by atoms with van der Waals surface area (Å²) in [7, 11) is 0. The molecule has 1 aromatic carbocycles. The van der Waals surface area contributed by atoms with Crippen LogP contribution in [0.25, 0.3) is 0 Å². The van der Waals surface area contributed by atoms with Gasteiger partial charge >= 0.3 is 6.18 Å². The van der Waals surface area contributed by atoms with Crippen LogP contribution in [0.15, 0.2) is 18.2 Å². The molecule has 0 aromatic heterocycles. The third kappa shape index (κ3) is 5.03. The molecule has 0 radical (unpaired) electrons. The molecule has 0 bridgehead atoms. The smallest absolute Gasteiger partial charge is 0.399 e. The third-order valence-corrected chi connectivity index (χ3v) is 3.22. The minimum absolute atomic E-state index is 0. The van der Waals surface area contributed by atoms with Crippen LogP contribution in [0.1, 0.15) is 17.2 Å². The molecular formula is C13H18ClF3N2O2. The lowest BCUT2D eigenvalue weighted by molar-refractivity contribution is -0.137. The molecule has 4 nitrogen and oxygen atoms in total. The number of β-amino-alcohol motifs (C(OH)–C–C–N with tert-alkyl or cyclic N) is 1. The number of rotatable bonds is 3. The highest BCUT2D eigenvalue weighted by Crippen LogP contribution is 2.32. The van der Waals surface area contributed by atoms with E-state index in [9.17, 15) is 18.3 Å². The van der Waals surface area contributed by atoms with E-state index in [-0.39, 0.29) is 30.2 Å². The zero-order valence-corrected chi connectivity index (χ0v) is 12.1. The first kappa shape index (κ1) is 18.0. The number of nitrogens with zero attached hydrogens (tertiary/aromatic N) is 1. The Kier molecular flexibility index (Phi) is 6.27. The number of nitrogens with two attached hydrogens (primary N) is 1.